The Morgan fingerprint density at radius 1 is 0.889 bits per heavy atom. The number of carboxylic acid groups (broad SMARTS) is 1. The molecule has 54 heavy (non-hydrogen) atoms. The van der Waals surface area contributed by atoms with Crippen molar-refractivity contribution >= 4 is 15.8 Å². The highest BCUT2D eigenvalue weighted by Gasteiger charge is 2.70. The van der Waals surface area contributed by atoms with Gasteiger partial charge in [-0.15, -0.1) is 0 Å². The molecule has 304 valence electrons. The zero-order valence-electron chi connectivity index (χ0n) is 34.7. The summed E-state index contributed by atoms with van der Waals surface area (Å²) in [6.45, 7) is 19.7. The predicted octanol–water partition coefficient (Wildman–Crippen LogP) is 9.78. The highest BCUT2D eigenvalue weighted by atomic mass is 32.2. The summed E-state index contributed by atoms with van der Waals surface area (Å²) in [7, 11) is -3.07. The smallest absolute Gasteiger partial charge is 0.312 e. The zero-order chi connectivity index (χ0) is 39.3. The number of aliphatic carboxylic acids is 1. The molecule has 0 aromatic carbocycles. The van der Waals surface area contributed by atoms with Crippen LogP contribution in [-0.4, -0.2) is 60.5 Å². The predicted molar refractivity (Wildman–Crippen MR) is 215 cm³/mol. The lowest BCUT2D eigenvalue weighted by atomic mass is 9.33. The molecule has 0 bridgehead atoms. The molecule has 0 heterocycles. The molecule has 7 aliphatic carbocycles. The summed E-state index contributed by atoms with van der Waals surface area (Å²) in [4.78, 5) is 12.0. The van der Waals surface area contributed by atoms with Gasteiger partial charge in [0.05, 0.1) is 16.3 Å². The molecule has 0 saturated heterocycles. The first-order chi connectivity index (χ1) is 25.1. The highest BCUT2D eigenvalue weighted by molar-refractivity contribution is 7.91. The first-order valence-electron chi connectivity index (χ1n) is 21.6. The molecule has 5 fully saturated rings. The van der Waals surface area contributed by atoms with E-state index in [1.54, 1.807) is 0 Å². The minimum absolute atomic E-state index is 0.0346. The molecule has 10 atom stereocenters. The Hall–Kier alpha value is -1.51. The molecule has 8 heteroatoms. The maximum Gasteiger partial charge on any atom is 0.312 e. The molecule has 6 nitrogen and oxygen atoms in total. The van der Waals surface area contributed by atoms with Crippen molar-refractivity contribution in [2.75, 3.05) is 19.5 Å². The second-order valence-corrected chi connectivity index (χ2v) is 23.8. The van der Waals surface area contributed by atoms with Gasteiger partial charge in [-0.05, 0) is 185 Å². The Morgan fingerprint density at radius 3 is 2.19 bits per heavy atom. The summed E-state index contributed by atoms with van der Waals surface area (Å²) in [5, 5.41) is 25.2. The molecule has 5 saturated carbocycles. The zero-order valence-corrected chi connectivity index (χ0v) is 35.5. The maximum atomic E-state index is 14.0. The SMILES string of the molecule is C=C(C)[C@@H]1CC[C@]2(NCC[C@]3(O)CC[C@H](S(C)(=O)=O)CC3)CC[C@]3(C)[C@H](CC[C@@H]4[C@@]5(C)CC=C(C6=CC[C@](CF)(C(=O)O)CC6)C(C)(C)[C@@H]5CC[C@]43C)[C@@H]12. The molecular weight excluding hydrogens is 698 g/mol. The number of hydrogen-bond acceptors (Lipinski definition) is 5. The van der Waals surface area contributed by atoms with Gasteiger partial charge in [-0.3, -0.25) is 4.79 Å². The summed E-state index contributed by atoms with van der Waals surface area (Å²) in [6.07, 6.45) is 20.8. The molecule has 0 aromatic heterocycles. The van der Waals surface area contributed by atoms with Crippen LogP contribution in [0.15, 0.2) is 35.5 Å². The number of nitrogens with one attached hydrogen (secondary N) is 1. The van der Waals surface area contributed by atoms with Crippen molar-refractivity contribution in [2.45, 2.75) is 167 Å². The average molecular weight is 770 g/mol. The number of fused-ring (bicyclic) bond motifs is 7. The van der Waals surface area contributed by atoms with E-state index in [1.807, 2.05) is 0 Å². The van der Waals surface area contributed by atoms with E-state index in [-0.39, 0.29) is 38.9 Å². The van der Waals surface area contributed by atoms with Crippen molar-refractivity contribution in [1.82, 2.24) is 5.32 Å². The van der Waals surface area contributed by atoms with Gasteiger partial charge in [0.25, 0.3) is 0 Å². The number of halogens is 1. The van der Waals surface area contributed by atoms with Gasteiger partial charge in [0.1, 0.15) is 16.5 Å². The highest BCUT2D eigenvalue weighted by Crippen LogP contribution is 2.76. The fraction of sp³-hybridized carbons (Fsp3) is 0.848. The summed E-state index contributed by atoms with van der Waals surface area (Å²) in [5.74, 6) is 1.79. The molecule has 0 unspecified atom stereocenters. The number of carboxylic acids is 1. The largest absolute Gasteiger partial charge is 0.481 e. The van der Waals surface area contributed by atoms with Crippen LogP contribution in [0, 0.1) is 56.7 Å². The number of carbonyl (C=O) groups is 1. The molecule has 0 aliphatic heterocycles. The maximum absolute atomic E-state index is 14.0. The first kappa shape index (κ1) is 40.7. The summed E-state index contributed by atoms with van der Waals surface area (Å²) in [5.41, 5.74) is 2.54. The number of alkyl halides is 1. The van der Waals surface area contributed by atoms with Crippen LogP contribution < -0.4 is 5.32 Å². The lowest BCUT2D eigenvalue weighted by Crippen LogP contribution is -2.68. The van der Waals surface area contributed by atoms with Crippen molar-refractivity contribution < 1.29 is 27.8 Å². The van der Waals surface area contributed by atoms with Crippen molar-refractivity contribution in [3.8, 4) is 0 Å². The van der Waals surface area contributed by atoms with Crippen LogP contribution in [0.1, 0.15) is 151 Å². The van der Waals surface area contributed by atoms with Crippen LogP contribution >= 0.6 is 0 Å². The van der Waals surface area contributed by atoms with E-state index in [1.165, 1.54) is 61.5 Å². The van der Waals surface area contributed by atoms with Crippen LogP contribution in [0.25, 0.3) is 0 Å². The van der Waals surface area contributed by atoms with E-state index >= 15 is 0 Å². The van der Waals surface area contributed by atoms with Gasteiger partial charge in [-0.1, -0.05) is 58.9 Å². The van der Waals surface area contributed by atoms with Crippen LogP contribution in [0.5, 0.6) is 0 Å². The van der Waals surface area contributed by atoms with Gasteiger partial charge in [-0.2, -0.15) is 0 Å². The van der Waals surface area contributed by atoms with Crippen LogP contribution in [0.3, 0.4) is 0 Å². The third kappa shape index (κ3) is 6.09. The average Bonchev–Trinajstić information content (AvgIpc) is 3.48. The van der Waals surface area contributed by atoms with Crippen molar-refractivity contribution in [2.24, 2.45) is 56.7 Å². The number of aliphatic hydroxyl groups is 1. The number of hydrogen-bond donors (Lipinski definition) is 3. The number of sulfone groups is 1. The topological polar surface area (TPSA) is 104 Å². The summed E-state index contributed by atoms with van der Waals surface area (Å²) in [6, 6.07) is 0. The minimum Gasteiger partial charge on any atom is -0.481 e. The van der Waals surface area contributed by atoms with E-state index in [2.05, 4.69) is 65.6 Å². The third-order valence-corrected chi connectivity index (χ3v) is 20.5. The lowest BCUT2D eigenvalue weighted by Gasteiger charge is -2.72. The molecule has 0 aromatic rings. The quantitative estimate of drug-likeness (QED) is 0.202. The van der Waals surface area contributed by atoms with Crippen LogP contribution in [0.4, 0.5) is 4.39 Å². The van der Waals surface area contributed by atoms with Gasteiger partial charge in [0, 0.05) is 11.8 Å². The molecular formula is C46H72FNO5S. The standard InChI is InChI=1S/C46H72FNO5S/c1-30(2)33-15-24-46(48-28-27-45(51)22-13-32(14-23-45)54(8,52)53)26-25-42(6)35(38(33)46)9-10-37-41(5)18-16-34(40(3,4)36(41)17-19-43(37,42)7)31-11-20-44(29-47,21-12-31)39(49)50/h11,16,32-33,35-38,48,51H,1,9-10,12-15,17-29H2,2-8H3,(H,49,50)/t32-,33-,35+,36-,37+,38+,41-,42+,43+,44-,45-,46-/m0/s1. The molecule has 3 N–H and O–H groups in total. The van der Waals surface area contributed by atoms with Crippen molar-refractivity contribution in [3.63, 3.8) is 0 Å². The Balaban J connectivity index is 1.12. The van der Waals surface area contributed by atoms with Gasteiger partial charge >= 0.3 is 5.97 Å². The van der Waals surface area contributed by atoms with E-state index in [0.717, 1.165) is 25.8 Å². The van der Waals surface area contributed by atoms with E-state index < -0.39 is 33.5 Å². The second kappa shape index (κ2) is 13.5. The Bertz CT molecular complexity index is 1690. The van der Waals surface area contributed by atoms with Gasteiger partial charge < -0.3 is 15.5 Å². The van der Waals surface area contributed by atoms with Crippen molar-refractivity contribution in [3.05, 3.63) is 35.5 Å². The lowest BCUT2D eigenvalue weighted by molar-refractivity contribution is -0.221. The van der Waals surface area contributed by atoms with Crippen LogP contribution in [-0.2, 0) is 14.6 Å². The van der Waals surface area contributed by atoms with Gasteiger partial charge in [-0.25, -0.2) is 12.8 Å². The second-order valence-electron chi connectivity index (χ2n) is 21.5. The molecule has 0 amide bonds. The summed E-state index contributed by atoms with van der Waals surface area (Å²) < 4.78 is 38.4. The van der Waals surface area contributed by atoms with E-state index in [4.69, 9.17) is 0 Å². The fourth-order valence-corrected chi connectivity index (χ4v) is 16.6. The van der Waals surface area contributed by atoms with E-state index in [9.17, 15) is 27.8 Å². The Labute approximate surface area is 326 Å². The van der Waals surface area contributed by atoms with Gasteiger partial charge in [0.2, 0.25) is 0 Å². The summed E-state index contributed by atoms with van der Waals surface area (Å²) >= 11 is 0. The fourth-order valence-electron chi connectivity index (χ4n) is 15.5. The third-order valence-electron chi connectivity index (χ3n) is 18.8. The minimum atomic E-state index is -3.07. The van der Waals surface area contributed by atoms with Crippen LogP contribution in [0.2, 0.25) is 0 Å². The molecule has 0 spiro atoms. The molecule has 0 radical (unpaired) electrons. The number of allylic oxidation sites excluding steroid dienone is 5. The Kier molecular flexibility index (Phi) is 10.2. The monoisotopic (exact) mass is 770 g/mol. The molecule has 7 aliphatic rings. The van der Waals surface area contributed by atoms with Gasteiger partial charge in [0.15, 0.2) is 0 Å². The van der Waals surface area contributed by atoms with Crippen molar-refractivity contribution in [1.29, 1.82) is 0 Å². The molecule has 7 rings (SSSR count). The van der Waals surface area contributed by atoms with E-state index in [0.29, 0.717) is 74.5 Å². The number of rotatable bonds is 9. The normalized spacial score (nSPS) is 47.3. The first-order valence-corrected chi connectivity index (χ1v) is 23.6. The Morgan fingerprint density at radius 2 is 1.59 bits per heavy atom.